The van der Waals surface area contributed by atoms with E-state index in [1.165, 1.54) is 5.56 Å². The van der Waals surface area contributed by atoms with Gasteiger partial charge in [0.25, 0.3) is 5.91 Å². The molecular formula is C27H37BrN2O4. The number of nitrogens with one attached hydrogen (secondary N) is 1. The van der Waals surface area contributed by atoms with E-state index < -0.39 is 6.04 Å². The Morgan fingerprint density at radius 1 is 1.09 bits per heavy atom. The van der Waals surface area contributed by atoms with Gasteiger partial charge in [-0.3, -0.25) is 9.59 Å². The molecule has 0 heterocycles. The van der Waals surface area contributed by atoms with Crippen molar-refractivity contribution in [2.45, 2.75) is 65.5 Å². The van der Waals surface area contributed by atoms with Gasteiger partial charge in [-0.15, -0.1) is 0 Å². The molecule has 0 radical (unpaired) electrons. The fraction of sp³-hybridized carbons (Fsp3) is 0.481. The van der Waals surface area contributed by atoms with Crippen molar-refractivity contribution in [2.24, 2.45) is 0 Å². The Labute approximate surface area is 212 Å². The maximum atomic E-state index is 13.3. The predicted molar refractivity (Wildman–Crippen MR) is 139 cm³/mol. The van der Waals surface area contributed by atoms with E-state index in [1.54, 1.807) is 12.0 Å². The molecule has 34 heavy (non-hydrogen) atoms. The average molecular weight is 534 g/mol. The Bertz CT molecular complexity index is 931. The second-order valence-electron chi connectivity index (χ2n) is 8.57. The van der Waals surface area contributed by atoms with Crippen molar-refractivity contribution in [2.75, 3.05) is 20.3 Å². The largest absolute Gasteiger partial charge is 0.497 e. The van der Waals surface area contributed by atoms with E-state index in [0.29, 0.717) is 31.2 Å². The molecule has 1 atom stereocenters. The summed E-state index contributed by atoms with van der Waals surface area (Å²) < 4.78 is 11.9. The van der Waals surface area contributed by atoms with Gasteiger partial charge in [0.2, 0.25) is 5.91 Å². The minimum atomic E-state index is -0.582. The van der Waals surface area contributed by atoms with Gasteiger partial charge in [0.15, 0.2) is 6.61 Å². The van der Waals surface area contributed by atoms with Crippen molar-refractivity contribution in [3.8, 4) is 11.5 Å². The molecule has 0 aliphatic heterocycles. The minimum Gasteiger partial charge on any atom is -0.497 e. The van der Waals surface area contributed by atoms with Crippen molar-refractivity contribution in [3.63, 3.8) is 0 Å². The highest BCUT2D eigenvalue weighted by Crippen LogP contribution is 2.29. The van der Waals surface area contributed by atoms with Crippen LogP contribution < -0.4 is 14.8 Å². The molecule has 0 bridgehead atoms. The van der Waals surface area contributed by atoms with E-state index in [1.807, 2.05) is 49.4 Å². The first-order valence-electron chi connectivity index (χ1n) is 11.9. The van der Waals surface area contributed by atoms with Crippen LogP contribution in [0.4, 0.5) is 0 Å². The lowest BCUT2D eigenvalue weighted by Gasteiger charge is -2.30. The third kappa shape index (κ3) is 8.05. The molecule has 0 aliphatic carbocycles. The molecule has 0 saturated heterocycles. The van der Waals surface area contributed by atoms with Gasteiger partial charge < -0.3 is 19.7 Å². The number of nitrogens with zero attached hydrogens (tertiary/aromatic N) is 1. The number of carbonyl (C=O) groups is 2. The molecule has 0 spiro atoms. The summed E-state index contributed by atoms with van der Waals surface area (Å²) >= 11 is 3.55. The number of amides is 2. The van der Waals surface area contributed by atoms with Crippen molar-refractivity contribution in [3.05, 3.63) is 58.1 Å². The lowest BCUT2D eigenvalue weighted by Crippen LogP contribution is -2.50. The summed E-state index contributed by atoms with van der Waals surface area (Å²) in [5, 5.41) is 2.97. The van der Waals surface area contributed by atoms with Crippen LogP contribution in [0.3, 0.4) is 0 Å². The zero-order chi connectivity index (χ0) is 25.1. The molecule has 0 aromatic heterocycles. The SMILES string of the molecule is CCCCNC(=O)C(CC)N(Cc1ccc(OC)cc1)C(=O)COc1ccc(C(C)C)cc1Br. The third-order valence-electron chi connectivity index (χ3n) is 5.70. The van der Waals surface area contributed by atoms with E-state index in [0.717, 1.165) is 28.6 Å². The van der Waals surface area contributed by atoms with Crippen LogP contribution in [-0.2, 0) is 16.1 Å². The number of hydrogen-bond donors (Lipinski definition) is 1. The third-order valence-corrected chi connectivity index (χ3v) is 6.32. The van der Waals surface area contributed by atoms with E-state index in [4.69, 9.17) is 9.47 Å². The molecule has 7 heteroatoms. The van der Waals surface area contributed by atoms with Crippen molar-refractivity contribution >= 4 is 27.7 Å². The maximum Gasteiger partial charge on any atom is 0.261 e. The topological polar surface area (TPSA) is 67.9 Å². The quantitative estimate of drug-likeness (QED) is 0.337. The molecule has 0 saturated carbocycles. The highest BCUT2D eigenvalue weighted by molar-refractivity contribution is 9.10. The van der Waals surface area contributed by atoms with Crippen LogP contribution in [0.1, 0.15) is 64.0 Å². The van der Waals surface area contributed by atoms with E-state index in [-0.39, 0.29) is 18.4 Å². The van der Waals surface area contributed by atoms with Gasteiger partial charge >= 0.3 is 0 Å². The first-order valence-corrected chi connectivity index (χ1v) is 12.7. The van der Waals surface area contributed by atoms with Crippen LogP contribution in [0, 0.1) is 0 Å². The molecule has 6 nitrogen and oxygen atoms in total. The Hall–Kier alpha value is -2.54. The summed E-state index contributed by atoms with van der Waals surface area (Å²) in [6.07, 6.45) is 2.40. The smallest absolute Gasteiger partial charge is 0.261 e. The number of unbranched alkanes of at least 4 members (excludes halogenated alkanes) is 1. The summed E-state index contributed by atoms with van der Waals surface area (Å²) in [6.45, 7) is 8.99. The van der Waals surface area contributed by atoms with Crippen molar-refractivity contribution in [1.29, 1.82) is 0 Å². The van der Waals surface area contributed by atoms with Gasteiger partial charge in [0.1, 0.15) is 17.5 Å². The van der Waals surface area contributed by atoms with Crippen LogP contribution in [-0.4, -0.2) is 43.0 Å². The Morgan fingerprint density at radius 3 is 2.35 bits per heavy atom. The summed E-state index contributed by atoms with van der Waals surface area (Å²) in [6, 6.07) is 12.8. The minimum absolute atomic E-state index is 0.139. The van der Waals surface area contributed by atoms with Crippen LogP contribution in [0.15, 0.2) is 46.9 Å². The molecule has 2 aromatic rings. The summed E-state index contributed by atoms with van der Waals surface area (Å²) in [4.78, 5) is 27.9. The summed E-state index contributed by atoms with van der Waals surface area (Å²) in [5.41, 5.74) is 2.10. The molecular weight excluding hydrogens is 496 g/mol. The van der Waals surface area contributed by atoms with Crippen LogP contribution in [0.5, 0.6) is 11.5 Å². The monoisotopic (exact) mass is 532 g/mol. The number of ether oxygens (including phenoxy) is 2. The fourth-order valence-electron chi connectivity index (χ4n) is 3.57. The highest BCUT2D eigenvalue weighted by Gasteiger charge is 2.29. The van der Waals surface area contributed by atoms with Crippen molar-refractivity contribution < 1.29 is 19.1 Å². The van der Waals surface area contributed by atoms with Gasteiger partial charge in [-0.25, -0.2) is 0 Å². The second kappa shape index (κ2) is 14.0. The molecule has 1 N–H and O–H groups in total. The standard InChI is InChI=1S/C27H37BrN2O4/c1-6-8-15-29-27(32)24(7-2)30(17-20-9-12-22(33-5)13-10-20)26(31)18-34-25-14-11-21(19(3)4)16-23(25)28/h9-14,16,19,24H,6-8,15,17-18H2,1-5H3,(H,29,32). The zero-order valence-electron chi connectivity index (χ0n) is 20.9. The number of rotatable bonds is 13. The number of carbonyl (C=O) groups excluding carboxylic acids is 2. The van der Waals surface area contributed by atoms with Crippen molar-refractivity contribution in [1.82, 2.24) is 10.2 Å². The Balaban J connectivity index is 2.20. The van der Waals surface area contributed by atoms with E-state index >= 15 is 0 Å². The predicted octanol–water partition coefficient (Wildman–Crippen LogP) is 5.68. The molecule has 2 amide bonds. The fourth-order valence-corrected chi connectivity index (χ4v) is 4.08. The van der Waals surface area contributed by atoms with Crippen LogP contribution in [0.2, 0.25) is 0 Å². The lowest BCUT2D eigenvalue weighted by molar-refractivity contribution is -0.143. The number of benzene rings is 2. The highest BCUT2D eigenvalue weighted by atomic mass is 79.9. The molecule has 2 rings (SSSR count). The van der Waals surface area contributed by atoms with Gasteiger partial charge in [-0.2, -0.15) is 0 Å². The normalized spacial score (nSPS) is 11.7. The van der Waals surface area contributed by atoms with Gasteiger partial charge in [-0.1, -0.05) is 52.3 Å². The molecule has 2 aromatic carbocycles. The summed E-state index contributed by atoms with van der Waals surface area (Å²) in [7, 11) is 1.61. The molecule has 0 aliphatic rings. The number of halogens is 1. The van der Waals surface area contributed by atoms with Crippen LogP contribution >= 0.6 is 15.9 Å². The first kappa shape index (κ1) is 27.7. The lowest BCUT2D eigenvalue weighted by atomic mass is 10.0. The first-order chi connectivity index (χ1) is 16.3. The Kier molecular flexibility index (Phi) is 11.4. The molecule has 0 fully saturated rings. The zero-order valence-corrected chi connectivity index (χ0v) is 22.5. The number of hydrogen-bond acceptors (Lipinski definition) is 4. The number of methoxy groups -OCH3 is 1. The van der Waals surface area contributed by atoms with Gasteiger partial charge in [0.05, 0.1) is 11.6 Å². The second-order valence-corrected chi connectivity index (χ2v) is 9.43. The molecule has 186 valence electrons. The van der Waals surface area contributed by atoms with E-state index in [9.17, 15) is 9.59 Å². The van der Waals surface area contributed by atoms with Crippen LogP contribution in [0.25, 0.3) is 0 Å². The summed E-state index contributed by atoms with van der Waals surface area (Å²) in [5.74, 6) is 1.35. The Morgan fingerprint density at radius 2 is 1.79 bits per heavy atom. The van der Waals surface area contributed by atoms with E-state index in [2.05, 4.69) is 42.0 Å². The van der Waals surface area contributed by atoms with Gasteiger partial charge in [-0.05, 0) is 70.1 Å². The van der Waals surface area contributed by atoms with Gasteiger partial charge in [0, 0.05) is 13.1 Å². The average Bonchev–Trinajstić information content (AvgIpc) is 2.83. The maximum absolute atomic E-state index is 13.3. The molecule has 1 unspecified atom stereocenters.